The van der Waals surface area contributed by atoms with Crippen LogP contribution in [0, 0.1) is 5.92 Å². The average molecular weight is 406 g/mol. The SMILES string of the molecule is COC(=O)c1ccc2c(c1)nc(-c1ccc3c(c1)[nH]c(=O)n3C(C)C)n2CC(C)C. The maximum atomic E-state index is 12.4. The molecule has 0 saturated heterocycles. The molecule has 4 rings (SSSR count). The highest BCUT2D eigenvalue weighted by atomic mass is 16.5. The lowest BCUT2D eigenvalue weighted by Crippen LogP contribution is -2.18. The summed E-state index contributed by atoms with van der Waals surface area (Å²) in [5.41, 5.74) is 4.62. The van der Waals surface area contributed by atoms with Crippen LogP contribution in [-0.4, -0.2) is 32.2 Å². The molecule has 7 heteroatoms. The number of hydrogen-bond donors (Lipinski definition) is 1. The molecule has 7 nitrogen and oxygen atoms in total. The van der Waals surface area contributed by atoms with Crippen LogP contribution in [0.15, 0.2) is 41.2 Å². The van der Waals surface area contributed by atoms with Gasteiger partial charge in [-0.1, -0.05) is 13.8 Å². The highest BCUT2D eigenvalue weighted by Crippen LogP contribution is 2.29. The average Bonchev–Trinajstić information content (AvgIpc) is 3.22. The van der Waals surface area contributed by atoms with Gasteiger partial charge < -0.3 is 14.3 Å². The number of fused-ring (bicyclic) bond motifs is 2. The van der Waals surface area contributed by atoms with Crippen molar-refractivity contribution in [1.82, 2.24) is 19.1 Å². The molecule has 156 valence electrons. The number of H-pyrrole nitrogens is 1. The first kappa shape index (κ1) is 19.9. The molecule has 1 N–H and O–H groups in total. The zero-order chi connectivity index (χ0) is 21.6. The van der Waals surface area contributed by atoms with E-state index in [1.807, 2.05) is 38.1 Å². The quantitative estimate of drug-likeness (QED) is 0.499. The molecule has 0 unspecified atom stereocenters. The van der Waals surface area contributed by atoms with E-state index in [1.54, 1.807) is 16.7 Å². The normalized spacial score (nSPS) is 11.8. The molecule has 2 aromatic heterocycles. The van der Waals surface area contributed by atoms with E-state index in [4.69, 9.17) is 9.72 Å². The molecule has 0 bridgehead atoms. The monoisotopic (exact) mass is 406 g/mol. The van der Waals surface area contributed by atoms with Gasteiger partial charge in [-0.05, 0) is 56.2 Å². The second-order valence-corrected chi connectivity index (χ2v) is 8.26. The maximum Gasteiger partial charge on any atom is 0.337 e. The number of nitrogens with zero attached hydrogens (tertiary/aromatic N) is 3. The van der Waals surface area contributed by atoms with Gasteiger partial charge in [0.05, 0.1) is 34.7 Å². The van der Waals surface area contributed by atoms with Crippen molar-refractivity contribution in [3.05, 3.63) is 52.4 Å². The zero-order valence-electron chi connectivity index (χ0n) is 17.9. The molecular formula is C23H26N4O3. The number of carbonyl (C=O) groups is 1. The lowest BCUT2D eigenvalue weighted by Gasteiger charge is -2.12. The van der Waals surface area contributed by atoms with E-state index < -0.39 is 0 Å². The number of aromatic nitrogens is 4. The van der Waals surface area contributed by atoms with Crippen molar-refractivity contribution in [2.45, 2.75) is 40.3 Å². The van der Waals surface area contributed by atoms with Crippen molar-refractivity contribution >= 4 is 28.0 Å². The lowest BCUT2D eigenvalue weighted by atomic mass is 10.1. The molecule has 0 radical (unpaired) electrons. The Hall–Kier alpha value is -3.35. The third kappa shape index (κ3) is 3.30. The molecular weight excluding hydrogens is 380 g/mol. The number of methoxy groups -OCH3 is 1. The van der Waals surface area contributed by atoms with Crippen molar-refractivity contribution in [2.75, 3.05) is 7.11 Å². The zero-order valence-corrected chi connectivity index (χ0v) is 17.9. The summed E-state index contributed by atoms with van der Waals surface area (Å²) in [5.74, 6) is 0.832. The predicted octanol–water partition coefficient (Wildman–Crippen LogP) is 4.37. The Balaban J connectivity index is 1.92. The first-order valence-electron chi connectivity index (χ1n) is 10.1. The molecule has 0 spiro atoms. The summed E-state index contributed by atoms with van der Waals surface area (Å²) in [7, 11) is 1.37. The molecule has 2 heterocycles. The van der Waals surface area contributed by atoms with E-state index in [1.165, 1.54) is 7.11 Å². The third-order valence-electron chi connectivity index (χ3n) is 5.21. The van der Waals surface area contributed by atoms with Gasteiger partial charge in [0.25, 0.3) is 0 Å². The number of aromatic amines is 1. The number of ether oxygens (including phenoxy) is 1. The number of hydrogen-bond acceptors (Lipinski definition) is 4. The summed E-state index contributed by atoms with van der Waals surface area (Å²) in [6, 6.07) is 11.4. The molecule has 0 saturated carbocycles. The summed E-state index contributed by atoms with van der Waals surface area (Å²) < 4.78 is 8.76. The minimum absolute atomic E-state index is 0.0688. The van der Waals surface area contributed by atoms with Crippen LogP contribution < -0.4 is 5.69 Å². The van der Waals surface area contributed by atoms with Crippen molar-refractivity contribution in [2.24, 2.45) is 5.92 Å². The summed E-state index contributed by atoms with van der Waals surface area (Å²) >= 11 is 0. The summed E-state index contributed by atoms with van der Waals surface area (Å²) in [4.78, 5) is 32.1. The fraction of sp³-hybridized carbons (Fsp3) is 0.348. The van der Waals surface area contributed by atoms with Crippen LogP contribution in [-0.2, 0) is 11.3 Å². The number of benzene rings is 2. The van der Waals surface area contributed by atoms with E-state index in [0.717, 1.165) is 40.0 Å². The van der Waals surface area contributed by atoms with Gasteiger partial charge in [0.1, 0.15) is 5.82 Å². The van der Waals surface area contributed by atoms with Gasteiger partial charge in [0.15, 0.2) is 0 Å². The first-order valence-corrected chi connectivity index (χ1v) is 10.1. The number of rotatable bonds is 5. The Kier molecular flexibility index (Phi) is 4.97. The van der Waals surface area contributed by atoms with Crippen LogP contribution in [0.5, 0.6) is 0 Å². The third-order valence-corrected chi connectivity index (χ3v) is 5.21. The van der Waals surface area contributed by atoms with Gasteiger partial charge >= 0.3 is 11.7 Å². The number of nitrogens with one attached hydrogen (secondary N) is 1. The van der Waals surface area contributed by atoms with Crippen molar-refractivity contribution in [3.8, 4) is 11.4 Å². The van der Waals surface area contributed by atoms with Gasteiger partial charge in [-0.15, -0.1) is 0 Å². The van der Waals surface area contributed by atoms with Gasteiger partial charge in [-0.25, -0.2) is 14.6 Å². The minimum atomic E-state index is -0.383. The Bertz CT molecular complexity index is 1310. The smallest absolute Gasteiger partial charge is 0.337 e. The topological polar surface area (TPSA) is 81.9 Å². The van der Waals surface area contributed by atoms with Crippen molar-refractivity contribution in [1.29, 1.82) is 0 Å². The summed E-state index contributed by atoms with van der Waals surface area (Å²) in [6.07, 6.45) is 0. The van der Waals surface area contributed by atoms with E-state index in [2.05, 4.69) is 23.4 Å². The van der Waals surface area contributed by atoms with E-state index in [9.17, 15) is 9.59 Å². The molecule has 0 atom stereocenters. The largest absolute Gasteiger partial charge is 0.465 e. The van der Waals surface area contributed by atoms with E-state index in [0.29, 0.717) is 11.5 Å². The molecule has 0 fully saturated rings. The highest BCUT2D eigenvalue weighted by Gasteiger charge is 2.18. The molecule has 2 aromatic carbocycles. The van der Waals surface area contributed by atoms with Gasteiger partial charge in [-0.3, -0.25) is 4.57 Å². The molecule has 4 aromatic rings. The molecule has 0 aliphatic rings. The van der Waals surface area contributed by atoms with Crippen LogP contribution in [0.3, 0.4) is 0 Å². The predicted molar refractivity (Wildman–Crippen MR) is 118 cm³/mol. The summed E-state index contributed by atoms with van der Waals surface area (Å²) in [6.45, 7) is 9.07. The van der Waals surface area contributed by atoms with Gasteiger partial charge in [0.2, 0.25) is 0 Å². The minimum Gasteiger partial charge on any atom is -0.465 e. The fourth-order valence-corrected chi connectivity index (χ4v) is 3.93. The fourth-order valence-electron chi connectivity index (χ4n) is 3.93. The van der Waals surface area contributed by atoms with Crippen LogP contribution in [0.2, 0.25) is 0 Å². The van der Waals surface area contributed by atoms with E-state index >= 15 is 0 Å². The number of carbonyl (C=O) groups excluding carboxylic acids is 1. The lowest BCUT2D eigenvalue weighted by molar-refractivity contribution is 0.0601. The van der Waals surface area contributed by atoms with Crippen molar-refractivity contribution in [3.63, 3.8) is 0 Å². The second kappa shape index (κ2) is 7.48. The molecule has 0 amide bonds. The standard InChI is InChI=1S/C23H26N4O3/c1-13(2)12-26-19-8-7-16(22(28)30-5)11-17(19)24-21(26)15-6-9-20-18(10-15)25-23(29)27(20)14(3)4/h6-11,13-14H,12H2,1-5H3,(H,25,29). The second-order valence-electron chi connectivity index (χ2n) is 8.26. The Morgan fingerprint density at radius 3 is 2.50 bits per heavy atom. The van der Waals surface area contributed by atoms with Gasteiger partial charge in [0, 0.05) is 18.2 Å². The molecule has 0 aliphatic heterocycles. The Morgan fingerprint density at radius 1 is 1.10 bits per heavy atom. The number of imidazole rings is 2. The van der Waals surface area contributed by atoms with Crippen LogP contribution >= 0.6 is 0 Å². The van der Waals surface area contributed by atoms with Crippen LogP contribution in [0.4, 0.5) is 0 Å². The molecule has 0 aliphatic carbocycles. The Labute approximate surface area is 174 Å². The van der Waals surface area contributed by atoms with E-state index in [-0.39, 0.29) is 17.7 Å². The first-order chi connectivity index (χ1) is 14.3. The Morgan fingerprint density at radius 2 is 1.83 bits per heavy atom. The molecule has 30 heavy (non-hydrogen) atoms. The summed E-state index contributed by atoms with van der Waals surface area (Å²) in [5, 5.41) is 0. The maximum absolute atomic E-state index is 12.4. The highest BCUT2D eigenvalue weighted by molar-refractivity contribution is 5.94. The van der Waals surface area contributed by atoms with Gasteiger partial charge in [-0.2, -0.15) is 0 Å². The van der Waals surface area contributed by atoms with Crippen LogP contribution in [0.25, 0.3) is 33.5 Å². The van der Waals surface area contributed by atoms with Crippen molar-refractivity contribution < 1.29 is 9.53 Å². The van der Waals surface area contributed by atoms with Crippen LogP contribution in [0.1, 0.15) is 44.1 Å². The number of esters is 1.